The van der Waals surface area contributed by atoms with Crippen LogP contribution in [0.4, 0.5) is 11.5 Å². The molecule has 0 aromatic carbocycles. The van der Waals surface area contributed by atoms with E-state index in [2.05, 4.69) is 15.1 Å². The minimum atomic E-state index is 0.578. The number of nitrogens with one attached hydrogen (secondary N) is 1. The topological polar surface area (TPSA) is 55.9 Å². The Hall–Kier alpha value is -1.19. The molecule has 1 atom stereocenters. The number of nitrogens with zero attached hydrogens (tertiary/aromatic N) is 2. The van der Waals surface area contributed by atoms with Crippen LogP contribution in [-0.2, 0) is 0 Å². The van der Waals surface area contributed by atoms with Gasteiger partial charge in [-0.05, 0) is 25.2 Å². The molecule has 88 valence electrons. The average molecular weight is 220 g/mol. The van der Waals surface area contributed by atoms with E-state index in [9.17, 15) is 0 Å². The van der Waals surface area contributed by atoms with Crippen LogP contribution in [0.25, 0.3) is 0 Å². The summed E-state index contributed by atoms with van der Waals surface area (Å²) in [5.74, 6) is 1.86. The first-order valence-corrected chi connectivity index (χ1v) is 6.43. The molecule has 0 bridgehead atoms. The summed E-state index contributed by atoms with van der Waals surface area (Å²) in [5, 5.41) is 7.80. The molecule has 0 amide bonds. The Morgan fingerprint density at radius 1 is 1.25 bits per heavy atom. The van der Waals surface area contributed by atoms with E-state index in [1.165, 1.54) is 38.5 Å². The third-order valence-electron chi connectivity index (χ3n) is 4.06. The minimum absolute atomic E-state index is 0.578. The predicted molar refractivity (Wildman–Crippen MR) is 65.4 cm³/mol. The van der Waals surface area contributed by atoms with E-state index < -0.39 is 0 Å². The summed E-state index contributed by atoms with van der Waals surface area (Å²) < 4.78 is 2.13. The molecular weight excluding hydrogens is 200 g/mol. The summed E-state index contributed by atoms with van der Waals surface area (Å²) in [7, 11) is 0. The van der Waals surface area contributed by atoms with Crippen molar-refractivity contribution in [2.75, 3.05) is 17.6 Å². The molecule has 1 fully saturated rings. The Labute approximate surface area is 96.2 Å². The molecule has 1 aromatic heterocycles. The average Bonchev–Trinajstić information content (AvgIpc) is 2.73. The fourth-order valence-corrected chi connectivity index (χ4v) is 3.23. The molecule has 0 saturated heterocycles. The SMILES string of the molecule is Nc1cnn2c1NCCC2C1CCCCC1. The van der Waals surface area contributed by atoms with Gasteiger partial charge in [-0.15, -0.1) is 0 Å². The van der Waals surface area contributed by atoms with Crippen LogP contribution in [0, 0.1) is 5.92 Å². The number of fused-ring (bicyclic) bond motifs is 1. The van der Waals surface area contributed by atoms with E-state index in [-0.39, 0.29) is 0 Å². The molecule has 3 rings (SSSR count). The number of aromatic nitrogens is 2. The number of hydrogen-bond donors (Lipinski definition) is 2. The largest absolute Gasteiger partial charge is 0.394 e. The van der Waals surface area contributed by atoms with Crippen LogP contribution in [0.15, 0.2) is 6.20 Å². The molecule has 16 heavy (non-hydrogen) atoms. The van der Waals surface area contributed by atoms with Crippen molar-refractivity contribution in [3.63, 3.8) is 0 Å². The summed E-state index contributed by atoms with van der Waals surface area (Å²) in [4.78, 5) is 0. The molecule has 2 aliphatic rings. The van der Waals surface area contributed by atoms with Gasteiger partial charge in [-0.3, -0.25) is 0 Å². The van der Waals surface area contributed by atoms with Gasteiger partial charge in [0.15, 0.2) is 0 Å². The zero-order chi connectivity index (χ0) is 11.0. The molecule has 1 aliphatic carbocycles. The molecule has 1 aliphatic heterocycles. The van der Waals surface area contributed by atoms with Crippen molar-refractivity contribution in [2.45, 2.75) is 44.6 Å². The highest BCUT2D eigenvalue weighted by Gasteiger charge is 2.30. The van der Waals surface area contributed by atoms with E-state index in [0.717, 1.165) is 24.0 Å². The molecular formula is C12H20N4. The number of nitrogens with two attached hydrogens (primary N) is 1. The molecule has 1 aromatic rings. The first kappa shape index (κ1) is 10.00. The molecule has 2 heterocycles. The van der Waals surface area contributed by atoms with E-state index in [4.69, 9.17) is 5.73 Å². The predicted octanol–water partition coefficient (Wildman–Crippen LogP) is 2.40. The van der Waals surface area contributed by atoms with Crippen molar-refractivity contribution in [1.29, 1.82) is 0 Å². The van der Waals surface area contributed by atoms with Crippen LogP contribution in [0.3, 0.4) is 0 Å². The van der Waals surface area contributed by atoms with E-state index >= 15 is 0 Å². The van der Waals surface area contributed by atoms with Crippen LogP contribution >= 0.6 is 0 Å². The fraction of sp³-hybridized carbons (Fsp3) is 0.750. The summed E-state index contributed by atoms with van der Waals surface area (Å²) in [6.45, 7) is 1.04. The quantitative estimate of drug-likeness (QED) is 0.764. The molecule has 0 spiro atoms. The molecule has 4 nitrogen and oxygen atoms in total. The molecule has 1 unspecified atom stereocenters. The van der Waals surface area contributed by atoms with E-state index in [1.54, 1.807) is 6.20 Å². The van der Waals surface area contributed by atoms with Crippen molar-refractivity contribution in [3.8, 4) is 0 Å². The third kappa shape index (κ3) is 1.56. The number of rotatable bonds is 1. The van der Waals surface area contributed by atoms with E-state index in [1.807, 2.05) is 0 Å². The normalized spacial score (nSPS) is 26.1. The lowest BCUT2D eigenvalue weighted by Gasteiger charge is -2.34. The van der Waals surface area contributed by atoms with Gasteiger partial charge in [0, 0.05) is 6.54 Å². The van der Waals surface area contributed by atoms with Crippen LogP contribution < -0.4 is 11.1 Å². The highest BCUT2D eigenvalue weighted by atomic mass is 15.4. The standard InChI is InChI=1S/C12H20N4/c13-10-8-15-16-11(6-7-14-12(10)16)9-4-2-1-3-5-9/h8-9,11,14H,1-7,13H2. The summed E-state index contributed by atoms with van der Waals surface area (Å²) >= 11 is 0. The van der Waals surface area contributed by atoms with Gasteiger partial charge in [-0.1, -0.05) is 19.3 Å². The zero-order valence-electron chi connectivity index (χ0n) is 9.65. The monoisotopic (exact) mass is 220 g/mol. The van der Waals surface area contributed by atoms with Gasteiger partial charge < -0.3 is 11.1 Å². The highest BCUT2D eigenvalue weighted by Crippen LogP contribution is 2.39. The van der Waals surface area contributed by atoms with E-state index in [0.29, 0.717) is 6.04 Å². The second kappa shape index (κ2) is 4.00. The first-order valence-electron chi connectivity index (χ1n) is 6.43. The Balaban J connectivity index is 1.86. The maximum Gasteiger partial charge on any atom is 0.148 e. The zero-order valence-corrected chi connectivity index (χ0v) is 9.65. The Bertz CT molecular complexity index is 365. The summed E-state index contributed by atoms with van der Waals surface area (Å²) in [5.41, 5.74) is 6.70. The van der Waals surface area contributed by atoms with Crippen LogP contribution in [0.2, 0.25) is 0 Å². The van der Waals surface area contributed by atoms with Gasteiger partial charge in [0.05, 0.1) is 17.9 Å². The lowest BCUT2D eigenvalue weighted by Crippen LogP contribution is -2.30. The van der Waals surface area contributed by atoms with Crippen LogP contribution in [-0.4, -0.2) is 16.3 Å². The van der Waals surface area contributed by atoms with Gasteiger partial charge in [-0.25, -0.2) is 4.68 Å². The second-order valence-corrected chi connectivity index (χ2v) is 5.07. The first-order chi connectivity index (χ1) is 7.86. The van der Waals surface area contributed by atoms with Crippen LogP contribution in [0.5, 0.6) is 0 Å². The molecule has 4 heteroatoms. The Morgan fingerprint density at radius 3 is 2.88 bits per heavy atom. The van der Waals surface area contributed by atoms with Crippen molar-refractivity contribution in [3.05, 3.63) is 6.20 Å². The summed E-state index contributed by atoms with van der Waals surface area (Å²) in [6, 6.07) is 0.578. The lowest BCUT2D eigenvalue weighted by atomic mass is 9.82. The van der Waals surface area contributed by atoms with Crippen molar-refractivity contribution in [2.24, 2.45) is 5.92 Å². The third-order valence-corrected chi connectivity index (χ3v) is 4.06. The number of hydrogen-bond acceptors (Lipinski definition) is 3. The maximum atomic E-state index is 5.91. The van der Waals surface area contributed by atoms with Gasteiger partial charge in [-0.2, -0.15) is 5.10 Å². The van der Waals surface area contributed by atoms with Crippen LogP contribution in [0.1, 0.15) is 44.6 Å². The number of anilines is 2. The van der Waals surface area contributed by atoms with Gasteiger partial charge >= 0.3 is 0 Å². The fourth-order valence-electron chi connectivity index (χ4n) is 3.23. The lowest BCUT2D eigenvalue weighted by molar-refractivity contribution is 0.222. The van der Waals surface area contributed by atoms with Gasteiger partial charge in [0.2, 0.25) is 0 Å². The Morgan fingerprint density at radius 2 is 2.06 bits per heavy atom. The second-order valence-electron chi connectivity index (χ2n) is 5.07. The van der Waals surface area contributed by atoms with Crippen molar-refractivity contribution < 1.29 is 0 Å². The number of nitrogen functional groups attached to an aromatic ring is 1. The molecule has 1 saturated carbocycles. The molecule has 3 N–H and O–H groups in total. The van der Waals surface area contributed by atoms with Crippen molar-refractivity contribution in [1.82, 2.24) is 9.78 Å². The van der Waals surface area contributed by atoms with Gasteiger partial charge in [0.1, 0.15) is 5.82 Å². The maximum absolute atomic E-state index is 5.91. The minimum Gasteiger partial charge on any atom is -0.394 e. The van der Waals surface area contributed by atoms with Gasteiger partial charge in [0.25, 0.3) is 0 Å². The van der Waals surface area contributed by atoms with Crippen molar-refractivity contribution >= 4 is 11.5 Å². The Kier molecular flexibility index (Phi) is 2.50. The molecule has 0 radical (unpaired) electrons. The highest BCUT2D eigenvalue weighted by molar-refractivity contribution is 5.61. The smallest absolute Gasteiger partial charge is 0.148 e. The summed E-state index contributed by atoms with van der Waals surface area (Å²) in [6.07, 6.45) is 9.90.